The number of carbonyl (C=O) groups is 2. The van der Waals surface area contributed by atoms with E-state index in [1.54, 1.807) is 24.3 Å². The van der Waals surface area contributed by atoms with E-state index in [0.717, 1.165) is 12.2 Å². The number of esters is 1. The molecule has 0 unspecified atom stereocenters. The topological polar surface area (TPSA) is 64.6 Å². The molecule has 1 fully saturated rings. The summed E-state index contributed by atoms with van der Waals surface area (Å²) < 4.78 is 10.2. The number of benzene rings is 1. The normalized spacial score (nSPS) is 17.9. The van der Waals surface area contributed by atoms with Gasteiger partial charge in [0.05, 0.1) is 13.2 Å². The van der Waals surface area contributed by atoms with Crippen molar-refractivity contribution in [3.05, 3.63) is 29.8 Å². The molecule has 0 spiro atoms. The first-order valence-corrected chi connectivity index (χ1v) is 6.41. The van der Waals surface area contributed by atoms with Crippen LogP contribution in [0.4, 0.5) is 0 Å². The summed E-state index contributed by atoms with van der Waals surface area (Å²) in [4.78, 5) is 23.2. The highest BCUT2D eigenvalue weighted by atomic mass is 16.5. The third-order valence-electron chi connectivity index (χ3n) is 2.83. The van der Waals surface area contributed by atoms with Crippen molar-refractivity contribution >= 4 is 11.9 Å². The van der Waals surface area contributed by atoms with Crippen LogP contribution in [0.15, 0.2) is 24.3 Å². The Morgan fingerprint density at radius 3 is 2.74 bits per heavy atom. The van der Waals surface area contributed by atoms with E-state index in [4.69, 9.17) is 9.47 Å². The highest BCUT2D eigenvalue weighted by molar-refractivity contribution is 5.97. The molecule has 1 saturated heterocycles. The molecule has 1 aromatic rings. The molecule has 0 aliphatic carbocycles. The Hall–Kier alpha value is -2.04. The third-order valence-corrected chi connectivity index (χ3v) is 2.83. The molecule has 1 N–H and O–H groups in total. The zero-order valence-corrected chi connectivity index (χ0v) is 10.8. The van der Waals surface area contributed by atoms with Crippen molar-refractivity contribution < 1.29 is 19.1 Å². The lowest BCUT2D eigenvalue weighted by Gasteiger charge is -2.09. The van der Waals surface area contributed by atoms with Crippen LogP contribution in [-0.4, -0.2) is 31.1 Å². The molecule has 1 heterocycles. The van der Waals surface area contributed by atoms with Crippen molar-refractivity contribution in [1.82, 2.24) is 5.32 Å². The molecule has 1 aliphatic rings. The molecule has 1 aliphatic heterocycles. The fraction of sp³-hybridized carbons (Fsp3) is 0.429. The molecule has 5 nitrogen and oxygen atoms in total. The molecule has 102 valence electrons. The van der Waals surface area contributed by atoms with Gasteiger partial charge in [0, 0.05) is 12.0 Å². The highest BCUT2D eigenvalue weighted by Gasteiger charge is 2.28. The van der Waals surface area contributed by atoms with Gasteiger partial charge in [-0.15, -0.1) is 0 Å². The monoisotopic (exact) mass is 263 g/mol. The number of hydrogen-bond acceptors (Lipinski definition) is 4. The van der Waals surface area contributed by atoms with Crippen LogP contribution in [0.25, 0.3) is 0 Å². The van der Waals surface area contributed by atoms with E-state index in [9.17, 15) is 9.59 Å². The van der Waals surface area contributed by atoms with Gasteiger partial charge in [0.1, 0.15) is 11.8 Å². The smallest absolute Gasteiger partial charge is 0.328 e. The van der Waals surface area contributed by atoms with E-state index in [0.29, 0.717) is 25.2 Å². The maximum atomic E-state index is 11.9. The summed E-state index contributed by atoms with van der Waals surface area (Å²) in [6.45, 7) is 3.05. The van der Waals surface area contributed by atoms with Crippen LogP contribution in [0.3, 0.4) is 0 Å². The minimum Gasteiger partial charge on any atom is -0.494 e. The molecule has 0 saturated carbocycles. The molecule has 1 amide bonds. The molecule has 5 heteroatoms. The largest absolute Gasteiger partial charge is 0.494 e. The Labute approximate surface area is 111 Å². The van der Waals surface area contributed by atoms with Gasteiger partial charge in [0.25, 0.3) is 5.91 Å². The first-order chi connectivity index (χ1) is 9.20. The van der Waals surface area contributed by atoms with Crippen molar-refractivity contribution in [2.75, 3.05) is 13.2 Å². The van der Waals surface area contributed by atoms with Crippen LogP contribution >= 0.6 is 0 Å². The minimum atomic E-state index is -0.525. The van der Waals surface area contributed by atoms with E-state index in [1.165, 1.54) is 0 Å². The SMILES string of the molecule is CCCOc1ccc(C(=O)N[C@H]2CCOC2=O)cc1. The van der Waals surface area contributed by atoms with Crippen LogP contribution in [0, 0.1) is 0 Å². The summed E-state index contributed by atoms with van der Waals surface area (Å²) in [6, 6.07) is 6.33. The first-order valence-electron chi connectivity index (χ1n) is 6.41. The Balaban J connectivity index is 1.93. The fourth-order valence-corrected chi connectivity index (χ4v) is 1.79. The Morgan fingerprint density at radius 2 is 2.16 bits per heavy atom. The molecule has 2 rings (SSSR count). The van der Waals surface area contributed by atoms with E-state index >= 15 is 0 Å². The lowest BCUT2D eigenvalue weighted by Crippen LogP contribution is -2.37. The Morgan fingerprint density at radius 1 is 1.42 bits per heavy atom. The summed E-state index contributed by atoms with van der Waals surface area (Å²) in [6.07, 6.45) is 1.47. The van der Waals surface area contributed by atoms with Gasteiger partial charge in [-0.3, -0.25) is 4.79 Å². The van der Waals surface area contributed by atoms with Gasteiger partial charge in [-0.2, -0.15) is 0 Å². The first kappa shape index (κ1) is 13.4. The molecule has 19 heavy (non-hydrogen) atoms. The summed E-state index contributed by atoms with van der Waals surface area (Å²) in [5.74, 6) is 0.0980. The number of rotatable bonds is 5. The average Bonchev–Trinajstić information content (AvgIpc) is 2.82. The molecule has 0 bridgehead atoms. The highest BCUT2D eigenvalue weighted by Crippen LogP contribution is 2.13. The number of ether oxygens (including phenoxy) is 2. The summed E-state index contributed by atoms with van der Waals surface area (Å²) in [5, 5.41) is 2.65. The van der Waals surface area contributed by atoms with Gasteiger partial charge in [-0.1, -0.05) is 6.92 Å². The summed E-state index contributed by atoms with van der Waals surface area (Å²) in [7, 11) is 0. The van der Waals surface area contributed by atoms with Gasteiger partial charge >= 0.3 is 5.97 Å². The zero-order chi connectivity index (χ0) is 13.7. The number of carbonyl (C=O) groups excluding carboxylic acids is 2. The average molecular weight is 263 g/mol. The van der Waals surface area contributed by atoms with Crippen LogP contribution in [0.1, 0.15) is 30.1 Å². The van der Waals surface area contributed by atoms with Gasteiger partial charge in [0.2, 0.25) is 0 Å². The lowest BCUT2D eigenvalue weighted by atomic mass is 10.1. The van der Waals surface area contributed by atoms with Gasteiger partial charge in [0.15, 0.2) is 0 Å². The number of hydrogen-bond donors (Lipinski definition) is 1. The molecular weight excluding hydrogens is 246 g/mol. The van der Waals surface area contributed by atoms with Crippen molar-refractivity contribution in [1.29, 1.82) is 0 Å². The standard InChI is InChI=1S/C14H17NO4/c1-2-8-18-11-5-3-10(4-6-11)13(16)15-12-7-9-19-14(12)17/h3-6,12H,2,7-9H2,1H3,(H,15,16)/t12-/m0/s1. The maximum Gasteiger partial charge on any atom is 0.328 e. The minimum absolute atomic E-state index is 0.272. The van der Waals surface area contributed by atoms with Gasteiger partial charge < -0.3 is 14.8 Å². The predicted molar refractivity (Wildman–Crippen MR) is 69.1 cm³/mol. The van der Waals surface area contributed by atoms with Crippen LogP contribution in [0.2, 0.25) is 0 Å². The number of nitrogens with one attached hydrogen (secondary N) is 1. The second-order valence-electron chi connectivity index (χ2n) is 4.36. The zero-order valence-electron chi connectivity index (χ0n) is 10.8. The van der Waals surface area contributed by atoms with Crippen LogP contribution in [0.5, 0.6) is 5.75 Å². The quantitative estimate of drug-likeness (QED) is 0.818. The number of amides is 1. The second kappa shape index (κ2) is 6.22. The van der Waals surface area contributed by atoms with Gasteiger partial charge in [-0.25, -0.2) is 4.79 Å². The van der Waals surface area contributed by atoms with Crippen molar-refractivity contribution in [3.63, 3.8) is 0 Å². The van der Waals surface area contributed by atoms with Crippen molar-refractivity contribution in [3.8, 4) is 5.75 Å². The molecule has 1 aromatic carbocycles. The third kappa shape index (κ3) is 3.47. The van der Waals surface area contributed by atoms with Crippen molar-refractivity contribution in [2.45, 2.75) is 25.8 Å². The number of cyclic esters (lactones) is 1. The summed E-state index contributed by atoms with van der Waals surface area (Å²) in [5.41, 5.74) is 0.503. The van der Waals surface area contributed by atoms with Crippen molar-refractivity contribution in [2.24, 2.45) is 0 Å². The maximum absolute atomic E-state index is 11.9. The van der Waals surface area contributed by atoms with E-state index in [2.05, 4.69) is 5.32 Å². The molecular formula is C14H17NO4. The lowest BCUT2D eigenvalue weighted by molar-refractivity contribution is -0.139. The Bertz CT molecular complexity index is 455. The second-order valence-corrected chi connectivity index (χ2v) is 4.36. The van der Waals surface area contributed by atoms with Gasteiger partial charge in [-0.05, 0) is 30.7 Å². The fourth-order valence-electron chi connectivity index (χ4n) is 1.79. The van der Waals surface area contributed by atoms with E-state index in [1.807, 2.05) is 6.92 Å². The summed E-state index contributed by atoms with van der Waals surface area (Å²) >= 11 is 0. The predicted octanol–water partition coefficient (Wildman–Crippen LogP) is 1.52. The molecule has 0 aromatic heterocycles. The molecule has 1 atom stereocenters. The Kier molecular flexibility index (Phi) is 4.39. The van der Waals surface area contributed by atoms with E-state index in [-0.39, 0.29) is 11.9 Å². The van der Waals surface area contributed by atoms with Crippen LogP contribution in [-0.2, 0) is 9.53 Å². The molecule has 0 radical (unpaired) electrons. The van der Waals surface area contributed by atoms with Crippen LogP contribution < -0.4 is 10.1 Å². The van der Waals surface area contributed by atoms with E-state index < -0.39 is 6.04 Å².